The molecule has 1 aromatic carbocycles. The van der Waals surface area contributed by atoms with Crippen molar-refractivity contribution in [2.24, 2.45) is 0 Å². The maximum absolute atomic E-state index is 13.8. The zero-order valence-electron chi connectivity index (χ0n) is 11.3. The fourth-order valence-corrected chi connectivity index (χ4v) is 2.10. The van der Waals surface area contributed by atoms with Crippen LogP contribution in [-0.2, 0) is 19.9 Å². The summed E-state index contributed by atoms with van der Waals surface area (Å²) in [7, 11) is 1.10. The third-order valence-corrected chi connectivity index (χ3v) is 3.26. The standard InChI is InChI=1S/C13H12F2N2O4/c1-13(8-5-7(14)3-4-9(8)15)11(19)17(12(20)16-13)6-10(18)21-2/h3-5H,6H2,1-2H3,(H,16,20)/t13-/m1/s1. The van der Waals surface area contributed by atoms with Crippen LogP contribution in [0.3, 0.4) is 0 Å². The van der Waals surface area contributed by atoms with Crippen LogP contribution >= 0.6 is 0 Å². The fourth-order valence-electron chi connectivity index (χ4n) is 2.10. The number of urea groups is 1. The number of carbonyl (C=O) groups excluding carboxylic acids is 3. The number of benzene rings is 1. The lowest BCUT2D eigenvalue weighted by Gasteiger charge is -2.22. The van der Waals surface area contributed by atoms with Gasteiger partial charge in [0, 0.05) is 5.56 Å². The van der Waals surface area contributed by atoms with Crippen LogP contribution in [0.5, 0.6) is 0 Å². The lowest BCUT2D eigenvalue weighted by atomic mass is 9.91. The average Bonchev–Trinajstić information content (AvgIpc) is 2.65. The maximum Gasteiger partial charge on any atom is 0.325 e. The largest absolute Gasteiger partial charge is 0.468 e. The van der Waals surface area contributed by atoms with E-state index in [4.69, 9.17) is 0 Å². The molecule has 2 rings (SSSR count). The smallest absolute Gasteiger partial charge is 0.325 e. The molecule has 0 aromatic heterocycles. The van der Waals surface area contributed by atoms with Gasteiger partial charge in [-0.15, -0.1) is 0 Å². The van der Waals surface area contributed by atoms with Gasteiger partial charge in [0.25, 0.3) is 5.91 Å². The molecule has 3 amide bonds. The van der Waals surface area contributed by atoms with E-state index in [-0.39, 0.29) is 5.56 Å². The molecule has 21 heavy (non-hydrogen) atoms. The van der Waals surface area contributed by atoms with Gasteiger partial charge < -0.3 is 10.1 Å². The van der Waals surface area contributed by atoms with Crippen LogP contribution in [0.15, 0.2) is 18.2 Å². The van der Waals surface area contributed by atoms with Crippen molar-refractivity contribution in [1.82, 2.24) is 10.2 Å². The summed E-state index contributed by atoms with van der Waals surface area (Å²) in [6.07, 6.45) is 0. The highest BCUT2D eigenvalue weighted by Crippen LogP contribution is 2.31. The zero-order chi connectivity index (χ0) is 15.8. The molecule has 6 nitrogen and oxygen atoms in total. The summed E-state index contributed by atoms with van der Waals surface area (Å²) in [5, 5.41) is 2.27. The molecule has 1 atom stereocenters. The summed E-state index contributed by atoms with van der Waals surface area (Å²) < 4.78 is 31.5. The summed E-state index contributed by atoms with van der Waals surface area (Å²) in [6.45, 7) is 0.635. The molecule has 1 aliphatic rings. The zero-order valence-corrected chi connectivity index (χ0v) is 11.3. The van der Waals surface area contributed by atoms with Crippen molar-refractivity contribution in [1.29, 1.82) is 0 Å². The van der Waals surface area contributed by atoms with Gasteiger partial charge in [-0.2, -0.15) is 0 Å². The number of nitrogens with one attached hydrogen (secondary N) is 1. The second kappa shape index (κ2) is 5.12. The Morgan fingerprint density at radius 3 is 2.67 bits per heavy atom. The number of hydrogen-bond acceptors (Lipinski definition) is 4. The van der Waals surface area contributed by atoms with E-state index >= 15 is 0 Å². The molecular weight excluding hydrogens is 286 g/mol. The van der Waals surface area contributed by atoms with Gasteiger partial charge >= 0.3 is 12.0 Å². The van der Waals surface area contributed by atoms with Crippen molar-refractivity contribution < 1.29 is 27.9 Å². The topological polar surface area (TPSA) is 75.7 Å². The van der Waals surface area contributed by atoms with E-state index in [9.17, 15) is 23.2 Å². The van der Waals surface area contributed by atoms with E-state index in [2.05, 4.69) is 10.1 Å². The number of nitrogens with zero attached hydrogens (tertiary/aromatic N) is 1. The summed E-state index contributed by atoms with van der Waals surface area (Å²) in [5.41, 5.74) is -2.09. The third kappa shape index (κ3) is 2.44. The van der Waals surface area contributed by atoms with Crippen molar-refractivity contribution >= 4 is 17.9 Å². The van der Waals surface area contributed by atoms with Gasteiger partial charge in [0.1, 0.15) is 23.7 Å². The van der Waals surface area contributed by atoms with E-state index in [1.807, 2.05) is 0 Å². The molecule has 0 radical (unpaired) electrons. The first-order chi connectivity index (χ1) is 9.79. The van der Waals surface area contributed by atoms with E-state index in [1.165, 1.54) is 6.92 Å². The molecule has 8 heteroatoms. The number of imide groups is 1. The number of halogens is 2. The van der Waals surface area contributed by atoms with Crippen LogP contribution in [-0.4, -0.2) is 36.5 Å². The number of carbonyl (C=O) groups is 3. The molecule has 0 bridgehead atoms. The van der Waals surface area contributed by atoms with Gasteiger partial charge in [-0.25, -0.2) is 13.6 Å². The first-order valence-electron chi connectivity index (χ1n) is 5.96. The van der Waals surface area contributed by atoms with Crippen molar-refractivity contribution in [3.05, 3.63) is 35.4 Å². The first-order valence-corrected chi connectivity index (χ1v) is 5.96. The van der Waals surface area contributed by atoms with Gasteiger partial charge in [-0.05, 0) is 25.1 Å². The fraction of sp³-hybridized carbons (Fsp3) is 0.308. The summed E-state index contributed by atoms with van der Waals surface area (Å²) in [5.74, 6) is -3.25. The van der Waals surface area contributed by atoms with Crippen LogP contribution in [0.1, 0.15) is 12.5 Å². The van der Waals surface area contributed by atoms with Gasteiger partial charge in [0.05, 0.1) is 7.11 Å². The van der Waals surface area contributed by atoms with Crippen LogP contribution in [0.4, 0.5) is 13.6 Å². The maximum atomic E-state index is 13.8. The highest BCUT2D eigenvalue weighted by atomic mass is 19.1. The van der Waals surface area contributed by atoms with Crippen molar-refractivity contribution in [3.63, 3.8) is 0 Å². The monoisotopic (exact) mass is 298 g/mol. The van der Waals surface area contributed by atoms with Crippen molar-refractivity contribution in [2.45, 2.75) is 12.5 Å². The Hall–Kier alpha value is -2.51. The number of esters is 1. The second-order valence-corrected chi connectivity index (χ2v) is 4.65. The lowest BCUT2D eigenvalue weighted by Crippen LogP contribution is -2.42. The molecule has 0 saturated carbocycles. The lowest BCUT2D eigenvalue weighted by molar-refractivity contribution is -0.145. The van der Waals surface area contributed by atoms with E-state index < -0.39 is 41.6 Å². The quantitative estimate of drug-likeness (QED) is 0.664. The first kappa shape index (κ1) is 14.9. The molecule has 0 spiro atoms. The van der Waals surface area contributed by atoms with Crippen molar-refractivity contribution in [3.8, 4) is 0 Å². The molecule has 112 valence electrons. The molecule has 1 aromatic rings. The number of rotatable bonds is 3. The Bertz CT molecular complexity index is 635. The Kier molecular flexibility index (Phi) is 3.63. The molecular formula is C13H12F2N2O4. The SMILES string of the molecule is COC(=O)CN1C(=O)N[C@](C)(c2cc(F)ccc2F)C1=O. The minimum Gasteiger partial charge on any atom is -0.468 e. The number of amides is 3. The molecule has 1 fully saturated rings. The normalized spacial score (nSPS) is 21.4. The number of hydrogen-bond donors (Lipinski definition) is 1. The van der Waals surface area contributed by atoms with Crippen LogP contribution in [0.2, 0.25) is 0 Å². The molecule has 0 aliphatic carbocycles. The molecule has 1 aliphatic heterocycles. The Labute approximate surface area is 118 Å². The second-order valence-electron chi connectivity index (χ2n) is 4.65. The Morgan fingerprint density at radius 1 is 1.38 bits per heavy atom. The molecule has 1 N–H and O–H groups in total. The van der Waals surface area contributed by atoms with E-state index in [1.54, 1.807) is 0 Å². The minimum absolute atomic E-state index is 0.312. The highest BCUT2D eigenvalue weighted by Gasteiger charge is 2.51. The molecule has 1 saturated heterocycles. The van der Waals surface area contributed by atoms with Gasteiger partial charge in [0.15, 0.2) is 0 Å². The van der Waals surface area contributed by atoms with E-state index in [0.717, 1.165) is 25.3 Å². The third-order valence-electron chi connectivity index (χ3n) is 3.26. The van der Waals surface area contributed by atoms with Crippen LogP contribution in [0.25, 0.3) is 0 Å². The molecule has 0 unspecified atom stereocenters. The predicted molar refractivity (Wildman–Crippen MR) is 66.0 cm³/mol. The summed E-state index contributed by atoms with van der Waals surface area (Å²) in [6, 6.07) is 1.71. The van der Waals surface area contributed by atoms with Gasteiger partial charge in [-0.1, -0.05) is 0 Å². The predicted octanol–water partition coefficient (Wildman–Crippen LogP) is 0.905. The van der Waals surface area contributed by atoms with Gasteiger partial charge in [-0.3, -0.25) is 14.5 Å². The van der Waals surface area contributed by atoms with Crippen LogP contribution < -0.4 is 5.32 Å². The molecule has 1 heterocycles. The van der Waals surface area contributed by atoms with Crippen molar-refractivity contribution in [2.75, 3.05) is 13.7 Å². The van der Waals surface area contributed by atoms with E-state index in [0.29, 0.717) is 4.90 Å². The summed E-state index contributed by atoms with van der Waals surface area (Å²) >= 11 is 0. The van der Waals surface area contributed by atoms with Crippen LogP contribution in [0, 0.1) is 11.6 Å². The minimum atomic E-state index is -1.78. The Morgan fingerprint density at radius 2 is 2.05 bits per heavy atom. The number of ether oxygens (including phenoxy) is 1. The van der Waals surface area contributed by atoms with Gasteiger partial charge in [0.2, 0.25) is 0 Å². The number of methoxy groups -OCH3 is 1. The average molecular weight is 298 g/mol. The highest BCUT2D eigenvalue weighted by molar-refractivity contribution is 6.08. The summed E-state index contributed by atoms with van der Waals surface area (Å²) in [4.78, 5) is 35.9. The Balaban J connectivity index is 2.40.